The Bertz CT molecular complexity index is 1340. The third-order valence-corrected chi connectivity index (χ3v) is 8.62. The van der Waals surface area contributed by atoms with Gasteiger partial charge < -0.3 is 74.4 Å². The largest absolute Gasteiger partial charge is 0.504 e. The minimum absolute atomic E-state index is 0.0959. The number of ether oxygens (including phenoxy) is 6. The number of methoxy groups -OCH3 is 2. The number of phenolic OH excluding ortho intramolecular Hbond substituents is 2. The van der Waals surface area contributed by atoms with Gasteiger partial charge in [-0.15, -0.1) is 0 Å². The lowest BCUT2D eigenvalue weighted by Gasteiger charge is -2.40. The molecule has 2 aliphatic heterocycles. The molecule has 16 heteroatoms. The fourth-order valence-corrected chi connectivity index (χ4v) is 5.76. The van der Waals surface area contributed by atoms with Gasteiger partial charge in [0.25, 0.3) is 0 Å². The van der Waals surface area contributed by atoms with Crippen LogP contribution in [0.1, 0.15) is 11.1 Å². The van der Waals surface area contributed by atoms with Crippen LogP contribution in [0.2, 0.25) is 0 Å². The molecule has 2 aromatic rings. The summed E-state index contributed by atoms with van der Waals surface area (Å²) in [7, 11) is 2.78. The van der Waals surface area contributed by atoms with Gasteiger partial charge in [0.05, 0.1) is 40.6 Å². The maximum Gasteiger partial charge on any atom is 0.195 e. The van der Waals surface area contributed by atoms with Gasteiger partial charge >= 0.3 is 0 Å². The standard InChI is InChI=1S/C32H44O16/c1-43-21-9-15(3-5-19(21)35)7-17(13-45-31-29(41)27(39)25(37)23(11-33)47-31)18(8-16-4-6-20(36)22(10-16)44-2)14-46-32-30(42)28(40)26(38)24(12-34)48-32/h3-6,9-10,17-18,23-25,27-37,39-42H,7-8,11-14H2,1-2H3/t17-,18-,23-,24-,25-,27+,28+,29-,30-,31-,32-/m1/s1. The molecule has 2 aromatic carbocycles. The fourth-order valence-electron chi connectivity index (χ4n) is 5.76. The SMILES string of the molecule is COc1cc(C[C@H](CO[C@@H]2O[C@H](CO)[C@@H](O)[C@H](O)[C@H]2O)[C@@H](CO[C@@H]2O[C@H](CO)C(=O)[C@H](O)[C@H]2O)Cc2ccc(O)c(OC)c2)ccc1O. The number of hydrogen-bond acceptors (Lipinski definition) is 16. The van der Waals surface area contributed by atoms with Crippen molar-refractivity contribution in [2.75, 3.05) is 40.6 Å². The molecule has 0 aromatic heterocycles. The second-order valence-electron chi connectivity index (χ2n) is 11.8. The van der Waals surface area contributed by atoms with E-state index in [4.69, 9.17) is 28.4 Å². The van der Waals surface area contributed by atoms with Crippen LogP contribution < -0.4 is 9.47 Å². The third-order valence-electron chi connectivity index (χ3n) is 8.62. The van der Waals surface area contributed by atoms with Crippen molar-refractivity contribution >= 4 is 5.78 Å². The van der Waals surface area contributed by atoms with Crippen LogP contribution in [0, 0.1) is 11.8 Å². The first kappa shape index (κ1) is 37.7. The molecule has 0 bridgehead atoms. The number of ketones is 1. The Morgan fingerprint density at radius 1 is 0.688 bits per heavy atom. The Kier molecular flexibility index (Phi) is 13.3. The number of Topliss-reactive ketones (excluding diaryl/α,β-unsaturated/α-hetero) is 1. The van der Waals surface area contributed by atoms with Gasteiger partial charge in [0.2, 0.25) is 0 Å². The number of phenols is 2. The van der Waals surface area contributed by atoms with E-state index < -0.39 is 86.1 Å². The van der Waals surface area contributed by atoms with Crippen molar-refractivity contribution < 1.29 is 79.2 Å². The normalized spacial score (nSPS) is 30.5. The van der Waals surface area contributed by atoms with Gasteiger partial charge in [-0.2, -0.15) is 0 Å². The second-order valence-corrected chi connectivity index (χ2v) is 11.8. The zero-order valence-electron chi connectivity index (χ0n) is 26.4. The average molecular weight is 685 g/mol. The average Bonchev–Trinajstić information content (AvgIpc) is 3.09. The van der Waals surface area contributed by atoms with Crippen molar-refractivity contribution in [1.82, 2.24) is 0 Å². The molecule has 9 N–H and O–H groups in total. The summed E-state index contributed by atoms with van der Waals surface area (Å²) in [5.41, 5.74) is 1.35. The van der Waals surface area contributed by atoms with E-state index in [1.807, 2.05) is 0 Å². The summed E-state index contributed by atoms with van der Waals surface area (Å²) in [5.74, 6) is -1.83. The summed E-state index contributed by atoms with van der Waals surface area (Å²) in [6, 6.07) is 9.41. The van der Waals surface area contributed by atoms with E-state index >= 15 is 0 Å². The summed E-state index contributed by atoms with van der Waals surface area (Å²) in [5, 5.41) is 91.5. The molecule has 0 unspecified atom stereocenters. The minimum Gasteiger partial charge on any atom is -0.504 e. The van der Waals surface area contributed by atoms with Crippen LogP contribution >= 0.6 is 0 Å². The Labute approximate surface area is 276 Å². The molecule has 0 radical (unpaired) electrons. The molecule has 0 saturated carbocycles. The maximum atomic E-state index is 12.2. The quantitative estimate of drug-likeness (QED) is 0.0981. The summed E-state index contributed by atoms with van der Waals surface area (Å²) in [4.78, 5) is 12.2. The molecule has 11 atom stereocenters. The number of aliphatic hydroxyl groups is 7. The lowest BCUT2D eigenvalue weighted by molar-refractivity contribution is -0.304. The third kappa shape index (κ3) is 8.71. The lowest BCUT2D eigenvalue weighted by Crippen LogP contribution is -2.59. The topological polar surface area (TPSA) is 255 Å². The molecule has 0 spiro atoms. The van der Waals surface area contributed by atoms with E-state index in [0.29, 0.717) is 11.1 Å². The molecular formula is C32H44O16. The van der Waals surface area contributed by atoms with E-state index in [2.05, 4.69) is 0 Å². The van der Waals surface area contributed by atoms with Crippen LogP contribution in [0.5, 0.6) is 23.0 Å². The Hall–Kier alpha value is -3.13. The summed E-state index contributed by atoms with van der Waals surface area (Å²) in [6.07, 6.45) is -13.7. The van der Waals surface area contributed by atoms with Crippen molar-refractivity contribution in [2.45, 2.75) is 68.1 Å². The van der Waals surface area contributed by atoms with Crippen LogP contribution in [-0.4, -0.2) is 148 Å². The highest BCUT2D eigenvalue weighted by Crippen LogP contribution is 2.33. The molecule has 2 fully saturated rings. The first-order chi connectivity index (χ1) is 22.9. The zero-order valence-corrected chi connectivity index (χ0v) is 26.4. The van der Waals surface area contributed by atoms with Gasteiger partial charge in [-0.25, -0.2) is 0 Å². The van der Waals surface area contributed by atoms with Crippen LogP contribution in [0.25, 0.3) is 0 Å². The molecular weight excluding hydrogens is 640 g/mol. The van der Waals surface area contributed by atoms with Crippen LogP contribution in [-0.2, 0) is 36.6 Å². The Morgan fingerprint density at radius 2 is 1.19 bits per heavy atom. The predicted octanol–water partition coefficient (Wildman–Crippen LogP) is -2.03. The molecule has 268 valence electrons. The van der Waals surface area contributed by atoms with Crippen molar-refractivity contribution in [3.63, 3.8) is 0 Å². The summed E-state index contributed by atoms with van der Waals surface area (Å²) < 4.78 is 33.4. The highest BCUT2D eigenvalue weighted by Gasteiger charge is 2.46. The predicted molar refractivity (Wildman–Crippen MR) is 162 cm³/mol. The van der Waals surface area contributed by atoms with Crippen LogP contribution in [0.4, 0.5) is 0 Å². The molecule has 2 aliphatic rings. The number of aliphatic hydroxyl groups excluding tert-OH is 7. The summed E-state index contributed by atoms with van der Waals surface area (Å²) >= 11 is 0. The highest BCUT2D eigenvalue weighted by atomic mass is 16.7. The van der Waals surface area contributed by atoms with Gasteiger partial charge in [0.1, 0.15) is 42.7 Å². The number of hydrogen-bond donors (Lipinski definition) is 9. The van der Waals surface area contributed by atoms with Crippen molar-refractivity contribution in [1.29, 1.82) is 0 Å². The maximum absolute atomic E-state index is 12.2. The van der Waals surface area contributed by atoms with Crippen molar-refractivity contribution in [3.05, 3.63) is 47.5 Å². The Balaban J connectivity index is 1.67. The molecule has 16 nitrogen and oxygen atoms in total. The first-order valence-corrected chi connectivity index (χ1v) is 15.3. The van der Waals surface area contributed by atoms with Gasteiger partial charge in [-0.1, -0.05) is 12.1 Å². The van der Waals surface area contributed by atoms with E-state index in [9.17, 15) is 50.8 Å². The van der Waals surface area contributed by atoms with Gasteiger partial charge in [0.15, 0.2) is 41.4 Å². The van der Waals surface area contributed by atoms with E-state index in [1.165, 1.54) is 26.4 Å². The van der Waals surface area contributed by atoms with Gasteiger partial charge in [0, 0.05) is 0 Å². The fraction of sp³-hybridized carbons (Fsp3) is 0.594. The molecule has 4 rings (SSSR count). The minimum atomic E-state index is -1.87. The molecule has 0 amide bonds. The number of rotatable bonds is 15. The molecule has 48 heavy (non-hydrogen) atoms. The highest BCUT2D eigenvalue weighted by molar-refractivity contribution is 5.88. The molecule has 2 heterocycles. The van der Waals surface area contributed by atoms with Crippen molar-refractivity contribution in [3.8, 4) is 23.0 Å². The van der Waals surface area contributed by atoms with E-state index in [-0.39, 0.29) is 49.1 Å². The van der Waals surface area contributed by atoms with Crippen LogP contribution in [0.3, 0.4) is 0 Å². The lowest BCUT2D eigenvalue weighted by atomic mass is 9.83. The Morgan fingerprint density at radius 3 is 1.65 bits per heavy atom. The number of carbonyl (C=O) groups excluding carboxylic acids is 1. The second kappa shape index (κ2) is 17.0. The monoisotopic (exact) mass is 684 g/mol. The van der Waals surface area contributed by atoms with Gasteiger partial charge in [-0.3, -0.25) is 4.79 Å². The van der Waals surface area contributed by atoms with E-state index in [1.54, 1.807) is 24.3 Å². The first-order valence-electron chi connectivity index (χ1n) is 15.3. The van der Waals surface area contributed by atoms with Crippen molar-refractivity contribution in [2.24, 2.45) is 11.8 Å². The summed E-state index contributed by atoms with van der Waals surface area (Å²) in [6.45, 7) is -1.78. The number of carbonyl (C=O) groups is 1. The van der Waals surface area contributed by atoms with Gasteiger partial charge in [-0.05, 0) is 60.1 Å². The van der Waals surface area contributed by atoms with E-state index in [0.717, 1.165) is 0 Å². The zero-order chi connectivity index (χ0) is 35.1. The number of aromatic hydroxyl groups is 2. The molecule has 2 saturated heterocycles. The molecule has 0 aliphatic carbocycles. The van der Waals surface area contributed by atoms with Crippen LogP contribution in [0.15, 0.2) is 36.4 Å². The smallest absolute Gasteiger partial charge is 0.195 e. The number of benzene rings is 2.